The van der Waals surface area contributed by atoms with Crippen LogP contribution in [-0.2, 0) is 0 Å². The molecule has 0 bridgehead atoms. The van der Waals surface area contributed by atoms with Crippen LogP contribution in [0.3, 0.4) is 0 Å². The molecular formula is C6H3Br2O-. The molecule has 0 aliphatic rings. The van der Waals surface area contributed by atoms with Gasteiger partial charge in [0.2, 0.25) is 0 Å². The fraction of sp³-hybridized carbons (Fsp3) is 0. The Morgan fingerprint density at radius 3 is 2.22 bits per heavy atom. The molecule has 1 aromatic rings. The molecule has 0 spiro atoms. The minimum Gasteiger partial charge on any atom is -0.872 e. The standard InChI is InChI=1S/C6H4Br2O/c7-5-2-1-4(9)3-6(5)8/h1-3,9H/p-1. The van der Waals surface area contributed by atoms with Gasteiger partial charge in [0.1, 0.15) is 0 Å². The van der Waals surface area contributed by atoms with Gasteiger partial charge in [0.05, 0.1) is 0 Å². The van der Waals surface area contributed by atoms with E-state index < -0.39 is 0 Å². The van der Waals surface area contributed by atoms with E-state index in [2.05, 4.69) is 31.9 Å². The van der Waals surface area contributed by atoms with Gasteiger partial charge in [0.15, 0.2) is 0 Å². The predicted octanol–water partition coefficient (Wildman–Crippen LogP) is 2.29. The van der Waals surface area contributed by atoms with Crippen LogP contribution in [0.25, 0.3) is 0 Å². The lowest BCUT2D eigenvalue weighted by Crippen LogP contribution is -1.87. The zero-order chi connectivity index (χ0) is 6.85. The van der Waals surface area contributed by atoms with Crippen molar-refractivity contribution in [3.8, 4) is 5.75 Å². The van der Waals surface area contributed by atoms with Crippen molar-refractivity contribution in [2.45, 2.75) is 0 Å². The van der Waals surface area contributed by atoms with Crippen LogP contribution < -0.4 is 5.11 Å². The smallest absolute Gasteiger partial charge is 0.0317 e. The highest BCUT2D eigenvalue weighted by Gasteiger charge is 1.90. The third kappa shape index (κ3) is 1.69. The van der Waals surface area contributed by atoms with E-state index >= 15 is 0 Å². The van der Waals surface area contributed by atoms with Crippen LogP contribution >= 0.6 is 31.9 Å². The Hall–Kier alpha value is -0.0200. The topological polar surface area (TPSA) is 23.1 Å². The van der Waals surface area contributed by atoms with E-state index in [0.29, 0.717) is 0 Å². The second-order valence-electron chi connectivity index (χ2n) is 1.58. The van der Waals surface area contributed by atoms with Gasteiger partial charge in [-0.05, 0) is 37.9 Å². The molecule has 1 aromatic carbocycles. The molecular weight excluding hydrogens is 248 g/mol. The van der Waals surface area contributed by atoms with Crippen molar-refractivity contribution in [2.75, 3.05) is 0 Å². The summed E-state index contributed by atoms with van der Waals surface area (Å²) in [6.45, 7) is 0. The molecule has 48 valence electrons. The van der Waals surface area contributed by atoms with Crippen molar-refractivity contribution in [3.63, 3.8) is 0 Å². The average molecular weight is 251 g/mol. The van der Waals surface area contributed by atoms with Crippen LogP contribution in [0.1, 0.15) is 0 Å². The zero-order valence-corrected chi connectivity index (χ0v) is 7.57. The van der Waals surface area contributed by atoms with Gasteiger partial charge in [0, 0.05) is 8.95 Å². The van der Waals surface area contributed by atoms with Gasteiger partial charge in [-0.3, -0.25) is 0 Å². The van der Waals surface area contributed by atoms with Gasteiger partial charge < -0.3 is 5.11 Å². The summed E-state index contributed by atoms with van der Waals surface area (Å²) in [5.74, 6) is 0.0186. The number of rotatable bonds is 0. The van der Waals surface area contributed by atoms with Crippen molar-refractivity contribution >= 4 is 31.9 Å². The van der Waals surface area contributed by atoms with E-state index in [9.17, 15) is 5.11 Å². The lowest BCUT2D eigenvalue weighted by Gasteiger charge is -2.04. The van der Waals surface area contributed by atoms with Crippen LogP contribution in [-0.4, -0.2) is 0 Å². The number of hydrogen-bond donors (Lipinski definition) is 0. The second kappa shape index (κ2) is 2.71. The van der Waals surface area contributed by atoms with Crippen molar-refractivity contribution < 1.29 is 5.11 Å². The quantitative estimate of drug-likeness (QED) is 0.693. The van der Waals surface area contributed by atoms with Crippen LogP contribution in [0.4, 0.5) is 0 Å². The first kappa shape index (κ1) is 7.09. The molecule has 0 N–H and O–H groups in total. The maximum atomic E-state index is 10.6. The average Bonchev–Trinajstić information content (AvgIpc) is 1.80. The summed E-state index contributed by atoms with van der Waals surface area (Å²) in [5.41, 5.74) is 0. The van der Waals surface area contributed by atoms with Crippen molar-refractivity contribution in [2.24, 2.45) is 0 Å². The molecule has 0 unspecified atom stereocenters. The van der Waals surface area contributed by atoms with Crippen molar-refractivity contribution in [1.29, 1.82) is 0 Å². The van der Waals surface area contributed by atoms with Gasteiger partial charge in [-0.15, -0.1) is 5.75 Å². The number of halogens is 2. The van der Waals surface area contributed by atoms with Gasteiger partial charge >= 0.3 is 0 Å². The van der Waals surface area contributed by atoms with E-state index in [1.54, 1.807) is 6.07 Å². The summed E-state index contributed by atoms with van der Waals surface area (Å²) < 4.78 is 1.71. The molecule has 0 amide bonds. The third-order valence-corrected chi connectivity index (χ3v) is 2.77. The van der Waals surface area contributed by atoms with E-state index in [0.717, 1.165) is 8.95 Å². The molecule has 0 radical (unpaired) electrons. The van der Waals surface area contributed by atoms with Crippen LogP contribution in [0.5, 0.6) is 5.75 Å². The monoisotopic (exact) mass is 249 g/mol. The molecule has 0 saturated heterocycles. The molecule has 0 heterocycles. The SMILES string of the molecule is [O-]c1ccc(Br)c(Br)c1. The minimum absolute atomic E-state index is 0.0186. The Labute approximate surface area is 70.0 Å². The summed E-state index contributed by atoms with van der Waals surface area (Å²) in [7, 11) is 0. The maximum absolute atomic E-state index is 10.6. The number of benzene rings is 1. The maximum Gasteiger partial charge on any atom is 0.0317 e. The molecule has 0 fully saturated rings. The summed E-state index contributed by atoms with van der Waals surface area (Å²) in [5, 5.41) is 10.6. The molecule has 3 heteroatoms. The van der Waals surface area contributed by atoms with E-state index in [4.69, 9.17) is 0 Å². The van der Waals surface area contributed by atoms with Crippen LogP contribution in [0.15, 0.2) is 27.1 Å². The summed E-state index contributed by atoms with van der Waals surface area (Å²) in [6.07, 6.45) is 0. The van der Waals surface area contributed by atoms with E-state index in [1.165, 1.54) is 12.1 Å². The normalized spacial score (nSPS) is 9.56. The highest BCUT2D eigenvalue weighted by atomic mass is 79.9. The summed E-state index contributed by atoms with van der Waals surface area (Å²) >= 11 is 6.44. The molecule has 0 aliphatic heterocycles. The van der Waals surface area contributed by atoms with Crippen LogP contribution in [0, 0.1) is 0 Å². The van der Waals surface area contributed by atoms with Gasteiger partial charge in [-0.2, -0.15) is 0 Å². The molecule has 0 aliphatic carbocycles. The van der Waals surface area contributed by atoms with Crippen LogP contribution in [0.2, 0.25) is 0 Å². The third-order valence-electron chi connectivity index (χ3n) is 0.891. The zero-order valence-electron chi connectivity index (χ0n) is 4.40. The molecule has 9 heavy (non-hydrogen) atoms. The molecule has 1 rings (SSSR count). The summed E-state index contributed by atoms with van der Waals surface area (Å²) in [4.78, 5) is 0. The van der Waals surface area contributed by atoms with E-state index in [1.807, 2.05) is 0 Å². The first-order valence-electron chi connectivity index (χ1n) is 2.32. The first-order chi connectivity index (χ1) is 4.20. The Morgan fingerprint density at radius 1 is 1.11 bits per heavy atom. The highest BCUT2D eigenvalue weighted by molar-refractivity contribution is 9.13. The second-order valence-corrected chi connectivity index (χ2v) is 3.28. The van der Waals surface area contributed by atoms with E-state index in [-0.39, 0.29) is 5.75 Å². The Balaban J connectivity index is 3.17. The van der Waals surface area contributed by atoms with Gasteiger partial charge in [-0.1, -0.05) is 12.1 Å². The Bertz CT molecular complexity index is 222. The first-order valence-corrected chi connectivity index (χ1v) is 3.91. The Morgan fingerprint density at radius 2 is 1.78 bits per heavy atom. The van der Waals surface area contributed by atoms with Gasteiger partial charge in [-0.25, -0.2) is 0 Å². The largest absolute Gasteiger partial charge is 0.872 e. The fourth-order valence-electron chi connectivity index (χ4n) is 0.477. The number of hydrogen-bond acceptors (Lipinski definition) is 1. The van der Waals surface area contributed by atoms with Crippen molar-refractivity contribution in [1.82, 2.24) is 0 Å². The predicted molar refractivity (Wildman–Crippen MR) is 41.3 cm³/mol. The summed E-state index contributed by atoms with van der Waals surface area (Å²) in [6, 6.07) is 4.74. The molecule has 1 nitrogen and oxygen atoms in total. The van der Waals surface area contributed by atoms with Gasteiger partial charge in [0.25, 0.3) is 0 Å². The Kier molecular flexibility index (Phi) is 2.13. The fourth-order valence-corrected chi connectivity index (χ4v) is 1.08. The van der Waals surface area contributed by atoms with Crippen molar-refractivity contribution in [3.05, 3.63) is 27.1 Å². The lowest BCUT2D eigenvalue weighted by molar-refractivity contribution is -0.268. The highest BCUT2D eigenvalue weighted by Crippen LogP contribution is 2.24. The molecule has 0 aromatic heterocycles. The molecule has 0 atom stereocenters. The lowest BCUT2D eigenvalue weighted by atomic mass is 10.3. The minimum atomic E-state index is 0.0186. The molecule has 0 saturated carbocycles.